The molecule has 20 heavy (non-hydrogen) atoms. The second-order valence-corrected chi connectivity index (χ2v) is 5.96. The van der Waals surface area contributed by atoms with E-state index in [-0.39, 0.29) is 5.69 Å². The highest BCUT2D eigenvalue weighted by molar-refractivity contribution is 7.99. The molecule has 5 nitrogen and oxygen atoms in total. The van der Waals surface area contributed by atoms with Crippen LogP contribution in [0.2, 0.25) is 0 Å². The van der Waals surface area contributed by atoms with Gasteiger partial charge in [-0.3, -0.25) is 0 Å². The van der Waals surface area contributed by atoms with Gasteiger partial charge in [0.15, 0.2) is 5.69 Å². The minimum absolute atomic E-state index is 0.122. The molecule has 1 aliphatic carbocycles. The quantitative estimate of drug-likeness (QED) is 0.828. The van der Waals surface area contributed by atoms with Crippen molar-refractivity contribution in [1.29, 1.82) is 0 Å². The molecular formula is C14H15N3O2S. The Hall–Kier alpha value is -1.82. The molecular weight excluding hydrogens is 274 g/mol. The molecule has 2 aromatic rings. The molecule has 0 amide bonds. The Bertz CT molecular complexity index is 608. The molecule has 104 valence electrons. The van der Waals surface area contributed by atoms with Crippen LogP contribution in [0.5, 0.6) is 0 Å². The number of carbonyl (C=O) groups is 1. The van der Waals surface area contributed by atoms with E-state index in [0.717, 1.165) is 24.3 Å². The number of benzene rings is 1. The summed E-state index contributed by atoms with van der Waals surface area (Å²) in [4.78, 5) is 12.3. The summed E-state index contributed by atoms with van der Waals surface area (Å²) in [5.74, 6) is 0.207. The average Bonchev–Trinajstić information content (AvgIpc) is 3.20. The number of aromatic nitrogens is 3. The van der Waals surface area contributed by atoms with E-state index in [1.807, 2.05) is 18.2 Å². The van der Waals surface area contributed by atoms with Gasteiger partial charge in [-0.2, -0.15) is 0 Å². The molecule has 1 fully saturated rings. The highest BCUT2D eigenvalue weighted by atomic mass is 32.2. The minimum Gasteiger partial charge on any atom is -0.476 e. The Morgan fingerprint density at radius 2 is 2.10 bits per heavy atom. The molecule has 1 aromatic carbocycles. The molecule has 0 atom stereocenters. The van der Waals surface area contributed by atoms with Crippen molar-refractivity contribution in [3.8, 4) is 0 Å². The van der Waals surface area contributed by atoms with Crippen LogP contribution in [0.1, 0.15) is 34.9 Å². The first-order chi connectivity index (χ1) is 9.75. The Kier molecular flexibility index (Phi) is 3.73. The van der Waals surface area contributed by atoms with Crippen molar-refractivity contribution in [1.82, 2.24) is 15.0 Å². The van der Waals surface area contributed by atoms with Gasteiger partial charge in [-0.1, -0.05) is 23.4 Å². The van der Waals surface area contributed by atoms with E-state index in [0.29, 0.717) is 12.5 Å². The monoisotopic (exact) mass is 289 g/mol. The molecule has 0 bridgehead atoms. The van der Waals surface area contributed by atoms with Gasteiger partial charge in [0.05, 0.1) is 12.2 Å². The number of hydrogen-bond donors (Lipinski definition) is 1. The number of rotatable bonds is 6. The Labute approximate surface area is 121 Å². The maximum absolute atomic E-state index is 11.1. The van der Waals surface area contributed by atoms with Crippen LogP contribution in [0.4, 0.5) is 0 Å². The second-order valence-electron chi connectivity index (χ2n) is 4.79. The number of carboxylic acids is 1. The topological polar surface area (TPSA) is 68.0 Å². The van der Waals surface area contributed by atoms with Crippen molar-refractivity contribution >= 4 is 17.7 Å². The second kappa shape index (κ2) is 5.66. The summed E-state index contributed by atoms with van der Waals surface area (Å²) >= 11 is 1.74. The van der Waals surface area contributed by atoms with Crippen LogP contribution in [0, 0.1) is 0 Å². The fraction of sp³-hybridized carbons (Fsp3) is 0.357. The molecule has 3 rings (SSSR count). The molecule has 0 unspecified atom stereocenters. The Balaban J connectivity index is 1.67. The van der Waals surface area contributed by atoms with Gasteiger partial charge < -0.3 is 5.11 Å². The summed E-state index contributed by atoms with van der Waals surface area (Å²) < 4.78 is 1.76. The van der Waals surface area contributed by atoms with Crippen LogP contribution in [0.3, 0.4) is 0 Å². The summed E-state index contributed by atoms with van der Waals surface area (Å²) in [6.45, 7) is 0.686. The lowest BCUT2D eigenvalue weighted by molar-refractivity contribution is 0.0689. The van der Waals surface area contributed by atoms with E-state index in [4.69, 9.17) is 5.11 Å². The first-order valence-electron chi connectivity index (χ1n) is 6.60. The highest BCUT2D eigenvalue weighted by Crippen LogP contribution is 2.41. The summed E-state index contributed by atoms with van der Waals surface area (Å²) in [7, 11) is 0. The van der Waals surface area contributed by atoms with Crippen LogP contribution in [0.25, 0.3) is 0 Å². The van der Waals surface area contributed by atoms with E-state index in [1.165, 1.54) is 4.90 Å². The van der Waals surface area contributed by atoms with Crippen molar-refractivity contribution in [2.75, 3.05) is 5.75 Å². The predicted octanol–water partition coefficient (Wildman–Crippen LogP) is 2.65. The third-order valence-corrected chi connectivity index (χ3v) is 4.25. The molecule has 0 spiro atoms. The number of aromatic carboxylic acids is 1. The van der Waals surface area contributed by atoms with E-state index < -0.39 is 5.97 Å². The van der Waals surface area contributed by atoms with Crippen molar-refractivity contribution in [3.63, 3.8) is 0 Å². The van der Waals surface area contributed by atoms with Crippen molar-refractivity contribution in [3.05, 3.63) is 41.7 Å². The molecule has 6 heteroatoms. The lowest BCUT2D eigenvalue weighted by atomic mass is 10.2. The minimum atomic E-state index is -0.978. The van der Waals surface area contributed by atoms with Gasteiger partial charge in [0, 0.05) is 16.6 Å². The molecule has 1 N–H and O–H groups in total. The predicted molar refractivity (Wildman–Crippen MR) is 76.1 cm³/mol. The van der Waals surface area contributed by atoms with Crippen molar-refractivity contribution < 1.29 is 9.90 Å². The van der Waals surface area contributed by atoms with Crippen LogP contribution >= 0.6 is 11.8 Å². The SMILES string of the molecule is O=C(O)c1nnn(CCSc2ccccc2)c1C1CC1. The third kappa shape index (κ3) is 2.85. The van der Waals surface area contributed by atoms with Gasteiger partial charge in [-0.25, -0.2) is 9.48 Å². The fourth-order valence-corrected chi connectivity index (χ4v) is 3.01. The summed E-state index contributed by atoms with van der Waals surface area (Å²) in [6.07, 6.45) is 2.08. The normalized spacial score (nSPS) is 14.4. The lowest BCUT2D eigenvalue weighted by Crippen LogP contribution is -2.09. The van der Waals surface area contributed by atoms with Gasteiger partial charge in [0.2, 0.25) is 0 Å². The van der Waals surface area contributed by atoms with Crippen LogP contribution < -0.4 is 0 Å². The number of carboxylic acid groups (broad SMARTS) is 1. The fourth-order valence-electron chi connectivity index (χ4n) is 2.17. The Morgan fingerprint density at radius 3 is 2.75 bits per heavy atom. The van der Waals surface area contributed by atoms with Gasteiger partial charge in [-0.15, -0.1) is 16.9 Å². The zero-order chi connectivity index (χ0) is 13.9. The van der Waals surface area contributed by atoms with Gasteiger partial charge >= 0.3 is 5.97 Å². The summed E-state index contributed by atoms with van der Waals surface area (Å²) in [5.41, 5.74) is 0.920. The van der Waals surface area contributed by atoms with Crippen molar-refractivity contribution in [2.45, 2.75) is 30.2 Å². The summed E-state index contributed by atoms with van der Waals surface area (Å²) in [6, 6.07) is 10.1. The van der Waals surface area contributed by atoms with Gasteiger partial charge in [-0.05, 0) is 25.0 Å². The largest absolute Gasteiger partial charge is 0.476 e. The van der Waals surface area contributed by atoms with Gasteiger partial charge in [0.25, 0.3) is 0 Å². The molecule has 1 aliphatic rings. The molecule has 1 aromatic heterocycles. The lowest BCUT2D eigenvalue weighted by Gasteiger charge is -2.06. The maximum atomic E-state index is 11.1. The zero-order valence-electron chi connectivity index (χ0n) is 10.9. The molecule has 1 saturated carbocycles. The number of hydrogen-bond acceptors (Lipinski definition) is 4. The van der Waals surface area contributed by atoms with Crippen molar-refractivity contribution in [2.24, 2.45) is 0 Å². The standard InChI is InChI=1S/C14H15N3O2S/c18-14(19)12-13(10-6-7-10)17(16-15-12)8-9-20-11-4-2-1-3-5-11/h1-5,10H,6-9H2,(H,18,19). The van der Waals surface area contributed by atoms with E-state index in [1.54, 1.807) is 16.4 Å². The van der Waals surface area contributed by atoms with Crippen LogP contribution in [0.15, 0.2) is 35.2 Å². The first-order valence-corrected chi connectivity index (χ1v) is 7.59. The third-order valence-electron chi connectivity index (χ3n) is 3.26. The van der Waals surface area contributed by atoms with Crippen LogP contribution in [-0.2, 0) is 6.54 Å². The maximum Gasteiger partial charge on any atom is 0.358 e. The molecule has 0 aliphatic heterocycles. The number of thioether (sulfide) groups is 1. The summed E-state index contributed by atoms with van der Waals surface area (Å²) in [5, 5.41) is 16.9. The Morgan fingerprint density at radius 1 is 1.35 bits per heavy atom. The number of nitrogens with zero attached hydrogens (tertiary/aromatic N) is 3. The highest BCUT2D eigenvalue weighted by Gasteiger charge is 2.33. The smallest absolute Gasteiger partial charge is 0.358 e. The van der Waals surface area contributed by atoms with E-state index >= 15 is 0 Å². The first kappa shape index (κ1) is 13.2. The molecule has 0 saturated heterocycles. The molecule has 1 heterocycles. The van der Waals surface area contributed by atoms with Gasteiger partial charge in [0.1, 0.15) is 0 Å². The zero-order valence-corrected chi connectivity index (χ0v) is 11.7. The molecule has 0 radical (unpaired) electrons. The average molecular weight is 289 g/mol. The number of aryl methyl sites for hydroxylation is 1. The van der Waals surface area contributed by atoms with Crippen LogP contribution in [-0.4, -0.2) is 31.8 Å². The van der Waals surface area contributed by atoms with E-state index in [2.05, 4.69) is 22.4 Å². The van der Waals surface area contributed by atoms with E-state index in [9.17, 15) is 4.79 Å².